The molecule has 6 nitrogen and oxygen atoms in total. The van der Waals surface area contributed by atoms with Gasteiger partial charge < -0.3 is 16.0 Å². The van der Waals surface area contributed by atoms with Gasteiger partial charge in [-0.05, 0) is 61.3 Å². The molecule has 2 saturated heterocycles. The Labute approximate surface area is 242 Å². The molecule has 2 heterocycles. The van der Waals surface area contributed by atoms with Crippen LogP contribution >= 0.6 is 35.6 Å². The molecule has 2 aliphatic rings. The fourth-order valence-electron chi connectivity index (χ4n) is 5.67. The molecule has 9 heteroatoms. The van der Waals surface area contributed by atoms with Crippen LogP contribution in [0.25, 0.3) is 0 Å². The van der Waals surface area contributed by atoms with Crippen LogP contribution in [0.2, 0.25) is 10.0 Å². The molecule has 2 unspecified atom stereocenters. The van der Waals surface area contributed by atoms with Crippen LogP contribution in [0.4, 0.5) is 0 Å². The maximum absolute atomic E-state index is 13.9. The summed E-state index contributed by atoms with van der Waals surface area (Å²) >= 11 is 12.2. The predicted molar refractivity (Wildman–Crippen MR) is 157 cm³/mol. The highest BCUT2D eigenvalue weighted by Crippen LogP contribution is 2.30. The maximum Gasteiger partial charge on any atom is 0.243 e. The molecule has 0 aliphatic carbocycles. The molecular formula is C29H39Cl3N4O2. The molecule has 0 saturated carbocycles. The van der Waals surface area contributed by atoms with Gasteiger partial charge in [0.1, 0.15) is 6.04 Å². The Morgan fingerprint density at radius 2 is 1.84 bits per heavy atom. The number of nitrogens with two attached hydrogens (primary N) is 1. The summed E-state index contributed by atoms with van der Waals surface area (Å²) < 4.78 is 0. The molecule has 4 atom stereocenters. The van der Waals surface area contributed by atoms with Gasteiger partial charge >= 0.3 is 0 Å². The molecule has 2 fully saturated rings. The van der Waals surface area contributed by atoms with Crippen LogP contribution in [-0.4, -0.2) is 58.9 Å². The van der Waals surface area contributed by atoms with Gasteiger partial charge in [-0.2, -0.15) is 0 Å². The molecule has 0 spiro atoms. The molecule has 2 aliphatic heterocycles. The molecular weight excluding hydrogens is 543 g/mol. The van der Waals surface area contributed by atoms with Crippen molar-refractivity contribution in [2.75, 3.05) is 13.1 Å². The first-order valence-corrected chi connectivity index (χ1v) is 14.1. The Balaban J connectivity index is 0.00000400. The van der Waals surface area contributed by atoms with Crippen LogP contribution in [0.3, 0.4) is 0 Å². The summed E-state index contributed by atoms with van der Waals surface area (Å²) in [6.45, 7) is 5.79. The highest BCUT2D eigenvalue weighted by atomic mass is 35.5. The third kappa shape index (κ3) is 7.64. The monoisotopic (exact) mass is 580 g/mol. The maximum atomic E-state index is 13.9. The van der Waals surface area contributed by atoms with Gasteiger partial charge in [0.2, 0.25) is 11.8 Å². The zero-order valence-electron chi connectivity index (χ0n) is 22.1. The van der Waals surface area contributed by atoms with E-state index in [1.807, 2.05) is 17.0 Å². The van der Waals surface area contributed by atoms with Gasteiger partial charge in [-0.3, -0.25) is 14.5 Å². The van der Waals surface area contributed by atoms with Gasteiger partial charge in [0.25, 0.3) is 0 Å². The Morgan fingerprint density at radius 3 is 2.53 bits per heavy atom. The number of aryl methyl sites for hydroxylation is 1. The minimum Gasteiger partial charge on any atom is -0.350 e. The smallest absolute Gasteiger partial charge is 0.243 e. The number of halogens is 3. The summed E-state index contributed by atoms with van der Waals surface area (Å²) in [5.74, 6) is 0.155. The standard InChI is InChI=1S/C29H38Cl2N4O2.ClH/c1-19(2)14-26(28(36)33-17-21-9-11-24(30)25(31)15-21)34-13-12-23(10-8-20-6-4-3-5-7-20)35-18-22(32)16-27(35)29(34)37;/h3-7,9,11,15,19,22-23,26-27H,8,10,12-14,16-18,32H2,1-2H3,(H,33,36);1H/t22-,23?,26?,27+;/m1./s1. The van der Waals surface area contributed by atoms with Crippen molar-refractivity contribution in [2.24, 2.45) is 11.7 Å². The fourth-order valence-corrected chi connectivity index (χ4v) is 5.99. The SMILES string of the molecule is CC(C)CC(C(=O)NCc1ccc(Cl)c(Cl)c1)N1CCC(CCc2ccccc2)N2C[C@H](N)C[C@H]2C1=O.Cl. The normalized spacial score (nSPS) is 22.5. The lowest BCUT2D eigenvalue weighted by Gasteiger charge is -2.33. The number of hydrogen-bond acceptors (Lipinski definition) is 4. The Hall–Kier alpha value is -1.83. The number of fused-ring (bicyclic) bond motifs is 1. The minimum atomic E-state index is -0.526. The molecule has 2 aromatic rings. The van der Waals surface area contributed by atoms with E-state index >= 15 is 0 Å². The molecule has 2 amide bonds. The Kier molecular flexibility index (Phi) is 11.3. The van der Waals surface area contributed by atoms with E-state index in [0.717, 1.165) is 31.4 Å². The van der Waals surface area contributed by atoms with Gasteiger partial charge in [0, 0.05) is 31.7 Å². The second-order valence-electron chi connectivity index (χ2n) is 10.8. The fraction of sp³-hybridized carbons (Fsp3) is 0.517. The van der Waals surface area contributed by atoms with Crippen molar-refractivity contribution in [3.8, 4) is 0 Å². The van der Waals surface area contributed by atoms with E-state index < -0.39 is 6.04 Å². The molecule has 0 radical (unpaired) electrons. The van der Waals surface area contributed by atoms with Crippen LogP contribution in [0.1, 0.15) is 50.7 Å². The first kappa shape index (κ1) is 30.7. The second-order valence-corrected chi connectivity index (χ2v) is 11.6. The van der Waals surface area contributed by atoms with E-state index in [1.165, 1.54) is 5.56 Å². The summed E-state index contributed by atoms with van der Waals surface area (Å²) in [5, 5.41) is 3.97. The van der Waals surface area contributed by atoms with E-state index in [1.54, 1.807) is 12.1 Å². The second kappa shape index (κ2) is 14.0. The highest BCUT2D eigenvalue weighted by Gasteiger charge is 2.45. The van der Waals surface area contributed by atoms with Crippen molar-refractivity contribution >= 4 is 47.4 Å². The molecule has 0 bridgehead atoms. The van der Waals surface area contributed by atoms with E-state index in [-0.39, 0.29) is 48.3 Å². The summed E-state index contributed by atoms with van der Waals surface area (Å²) in [6, 6.07) is 15.2. The van der Waals surface area contributed by atoms with Crippen LogP contribution < -0.4 is 11.1 Å². The van der Waals surface area contributed by atoms with Crippen molar-refractivity contribution in [1.29, 1.82) is 0 Å². The summed E-state index contributed by atoms with van der Waals surface area (Å²) in [6.07, 6.45) is 3.99. The number of benzene rings is 2. The summed E-state index contributed by atoms with van der Waals surface area (Å²) in [7, 11) is 0. The van der Waals surface area contributed by atoms with E-state index in [2.05, 4.69) is 48.3 Å². The lowest BCUT2D eigenvalue weighted by Crippen LogP contribution is -2.53. The Bertz CT molecular complexity index is 1080. The molecule has 3 N–H and O–H groups in total. The highest BCUT2D eigenvalue weighted by molar-refractivity contribution is 6.42. The number of rotatable bonds is 9. The topological polar surface area (TPSA) is 78.7 Å². The minimum absolute atomic E-state index is 0. The third-order valence-electron chi connectivity index (χ3n) is 7.55. The molecule has 208 valence electrons. The predicted octanol–water partition coefficient (Wildman–Crippen LogP) is 5.08. The number of amides is 2. The number of nitrogens with one attached hydrogen (secondary N) is 1. The van der Waals surface area contributed by atoms with Crippen LogP contribution in [0.5, 0.6) is 0 Å². The van der Waals surface area contributed by atoms with Crippen molar-refractivity contribution in [2.45, 2.75) is 76.7 Å². The number of hydrogen-bond donors (Lipinski definition) is 2. The van der Waals surface area contributed by atoms with Gasteiger partial charge in [0.15, 0.2) is 0 Å². The zero-order valence-corrected chi connectivity index (χ0v) is 24.4. The lowest BCUT2D eigenvalue weighted by molar-refractivity contribution is -0.143. The Morgan fingerprint density at radius 1 is 1.11 bits per heavy atom. The quantitative estimate of drug-likeness (QED) is 0.433. The van der Waals surface area contributed by atoms with Crippen molar-refractivity contribution in [3.05, 3.63) is 69.7 Å². The van der Waals surface area contributed by atoms with Crippen LogP contribution in [-0.2, 0) is 22.6 Å². The molecule has 0 aromatic heterocycles. The summed E-state index contributed by atoms with van der Waals surface area (Å²) in [4.78, 5) is 31.6. The molecule has 4 rings (SSSR count). The average Bonchev–Trinajstić information content (AvgIpc) is 3.22. The lowest BCUT2D eigenvalue weighted by atomic mass is 9.99. The van der Waals surface area contributed by atoms with Gasteiger partial charge in [-0.1, -0.05) is 73.4 Å². The van der Waals surface area contributed by atoms with E-state index in [4.69, 9.17) is 28.9 Å². The van der Waals surface area contributed by atoms with Crippen LogP contribution in [0, 0.1) is 5.92 Å². The van der Waals surface area contributed by atoms with Crippen molar-refractivity contribution < 1.29 is 9.59 Å². The number of carbonyl (C=O) groups is 2. The average molecular weight is 582 g/mol. The molecule has 2 aromatic carbocycles. The van der Waals surface area contributed by atoms with E-state index in [0.29, 0.717) is 36.0 Å². The third-order valence-corrected chi connectivity index (χ3v) is 8.28. The summed E-state index contributed by atoms with van der Waals surface area (Å²) in [5.41, 5.74) is 8.53. The van der Waals surface area contributed by atoms with Crippen LogP contribution in [0.15, 0.2) is 48.5 Å². The number of nitrogens with zero attached hydrogens (tertiary/aromatic N) is 2. The first-order chi connectivity index (χ1) is 17.7. The van der Waals surface area contributed by atoms with E-state index in [9.17, 15) is 9.59 Å². The van der Waals surface area contributed by atoms with Gasteiger partial charge in [0.05, 0.1) is 16.1 Å². The van der Waals surface area contributed by atoms with Gasteiger partial charge in [-0.15, -0.1) is 12.4 Å². The molecule has 38 heavy (non-hydrogen) atoms. The van der Waals surface area contributed by atoms with Gasteiger partial charge in [-0.25, -0.2) is 0 Å². The largest absolute Gasteiger partial charge is 0.350 e. The first-order valence-electron chi connectivity index (χ1n) is 13.3. The van der Waals surface area contributed by atoms with Crippen molar-refractivity contribution in [1.82, 2.24) is 15.1 Å². The van der Waals surface area contributed by atoms with Crippen molar-refractivity contribution in [3.63, 3.8) is 0 Å². The number of carbonyl (C=O) groups excluding carboxylic acids is 2. The zero-order chi connectivity index (χ0) is 26.5.